The van der Waals surface area contributed by atoms with Crippen molar-refractivity contribution in [1.82, 2.24) is 0 Å². The van der Waals surface area contributed by atoms with Crippen LogP contribution in [-0.2, 0) is 0 Å². The second kappa shape index (κ2) is 8.13. The molecule has 0 atom stereocenters. The fourth-order valence-electron chi connectivity index (χ4n) is 3.31. The second-order valence-corrected chi connectivity index (χ2v) is 7.02. The highest BCUT2D eigenvalue weighted by molar-refractivity contribution is 6.06. The molecule has 30 heavy (non-hydrogen) atoms. The first-order valence-corrected chi connectivity index (χ1v) is 9.53. The minimum absolute atomic E-state index is 0.0154. The summed E-state index contributed by atoms with van der Waals surface area (Å²) >= 11 is 0. The molecule has 0 aromatic heterocycles. The van der Waals surface area contributed by atoms with Gasteiger partial charge in [0.15, 0.2) is 5.75 Å². The molecule has 6 heteroatoms. The molecule has 0 unspecified atom stereocenters. The van der Waals surface area contributed by atoms with Gasteiger partial charge in [-0.3, -0.25) is 0 Å². The van der Waals surface area contributed by atoms with Crippen molar-refractivity contribution in [3.63, 3.8) is 0 Å². The van der Waals surface area contributed by atoms with Crippen LogP contribution in [0.1, 0.15) is 11.1 Å². The molecule has 0 aliphatic heterocycles. The number of hydrogen-bond donors (Lipinski definition) is 2. The lowest BCUT2D eigenvalue weighted by Gasteiger charge is -2.13. The monoisotopic (exact) mass is 395 g/mol. The van der Waals surface area contributed by atoms with Crippen LogP contribution >= 0.6 is 0 Å². The molecule has 0 saturated carbocycles. The summed E-state index contributed by atoms with van der Waals surface area (Å²) in [4.78, 5) is 0. The van der Waals surface area contributed by atoms with Gasteiger partial charge in [0.2, 0.25) is 0 Å². The third kappa shape index (κ3) is 3.75. The normalized spacial score (nSPS) is 11.7. The van der Waals surface area contributed by atoms with E-state index in [1.807, 2.05) is 86.6 Å². The van der Waals surface area contributed by atoms with Crippen LogP contribution in [0.25, 0.3) is 10.8 Å². The number of aryl methyl sites for hydroxylation is 2. The van der Waals surface area contributed by atoms with E-state index in [4.69, 9.17) is 5.73 Å². The van der Waals surface area contributed by atoms with E-state index in [0.29, 0.717) is 28.1 Å². The molecule has 4 aromatic rings. The summed E-state index contributed by atoms with van der Waals surface area (Å²) in [6.07, 6.45) is 0. The maximum Gasteiger partial charge on any atom is 0.153 e. The Labute approximate surface area is 174 Å². The van der Waals surface area contributed by atoms with Crippen LogP contribution in [-0.4, -0.2) is 5.11 Å². The third-order valence-electron chi connectivity index (χ3n) is 4.81. The Morgan fingerprint density at radius 2 is 1.13 bits per heavy atom. The Bertz CT molecular complexity index is 1170. The molecule has 0 heterocycles. The quantitative estimate of drug-likeness (QED) is 0.275. The smallest absolute Gasteiger partial charge is 0.153 e. The number of phenols is 1. The van der Waals surface area contributed by atoms with Gasteiger partial charge in [0.25, 0.3) is 0 Å². The second-order valence-electron chi connectivity index (χ2n) is 7.02. The molecule has 0 saturated heterocycles. The summed E-state index contributed by atoms with van der Waals surface area (Å²) < 4.78 is 0. The topological polar surface area (TPSA) is 95.7 Å². The van der Waals surface area contributed by atoms with Crippen molar-refractivity contribution in [3.8, 4) is 5.75 Å². The van der Waals surface area contributed by atoms with Gasteiger partial charge in [-0.2, -0.15) is 10.2 Å². The molecule has 4 aromatic carbocycles. The number of hydrogen-bond acceptors (Lipinski definition) is 6. The summed E-state index contributed by atoms with van der Waals surface area (Å²) in [6, 6.07) is 22.7. The minimum atomic E-state index is -0.0154. The number of nitrogens with two attached hydrogens (primary N) is 1. The minimum Gasteiger partial charge on any atom is -0.505 e. The number of aromatic hydroxyl groups is 1. The third-order valence-corrected chi connectivity index (χ3v) is 4.81. The number of nitrogen functional groups attached to an aromatic ring is 1. The van der Waals surface area contributed by atoms with Crippen LogP contribution in [0.2, 0.25) is 0 Å². The number of phenolic OH excluding ortho intramolecular Hbond substituents is 1. The molecule has 0 aliphatic carbocycles. The van der Waals surface area contributed by atoms with E-state index in [0.717, 1.165) is 22.2 Å². The molecule has 0 amide bonds. The Kier molecular flexibility index (Phi) is 5.22. The zero-order valence-electron chi connectivity index (χ0n) is 16.7. The van der Waals surface area contributed by atoms with Gasteiger partial charge in [-0.25, -0.2) is 0 Å². The molecular formula is C24H21N5O. The van der Waals surface area contributed by atoms with Crippen molar-refractivity contribution in [2.45, 2.75) is 13.8 Å². The molecule has 0 bridgehead atoms. The summed E-state index contributed by atoms with van der Waals surface area (Å²) in [7, 11) is 0. The highest BCUT2D eigenvalue weighted by atomic mass is 16.3. The molecular weight excluding hydrogens is 374 g/mol. The molecule has 3 N–H and O–H groups in total. The average molecular weight is 395 g/mol. The van der Waals surface area contributed by atoms with Crippen LogP contribution in [0.15, 0.2) is 93.3 Å². The maximum absolute atomic E-state index is 11.0. The Morgan fingerprint density at radius 1 is 0.667 bits per heavy atom. The standard InChI is InChI=1S/C24H21N5O/c1-15-13-17-14-16(2)23(29-27-19-11-7-4-8-12-19)24(30)20(17)21(25)22(15)28-26-18-9-5-3-6-10-18/h3-14,30H,25H2,1-2H3. The fourth-order valence-corrected chi connectivity index (χ4v) is 3.31. The SMILES string of the molecule is Cc1cc2cc(C)c(N=Nc3ccccc3)c(O)c2c(N)c1N=Nc1ccccc1. The van der Waals surface area contributed by atoms with Gasteiger partial charge in [0, 0.05) is 0 Å². The highest BCUT2D eigenvalue weighted by Crippen LogP contribution is 2.45. The Balaban J connectivity index is 1.83. The van der Waals surface area contributed by atoms with Gasteiger partial charge in [-0.1, -0.05) is 36.4 Å². The fraction of sp³-hybridized carbons (Fsp3) is 0.0833. The van der Waals surface area contributed by atoms with E-state index in [2.05, 4.69) is 20.5 Å². The summed E-state index contributed by atoms with van der Waals surface area (Å²) in [5.41, 5.74) is 10.8. The van der Waals surface area contributed by atoms with Crippen molar-refractivity contribution < 1.29 is 5.11 Å². The summed E-state index contributed by atoms with van der Waals surface area (Å²) in [5.74, 6) is -0.0154. The predicted octanol–water partition coefficient (Wildman–Crippen LogP) is 7.58. The molecule has 0 spiro atoms. The molecule has 0 fully saturated rings. The first-order chi connectivity index (χ1) is 14.5. The summed E-state index contributed by atoms with van der Waals surface area (Å²) in [6.45, 7) is 3.80. The molecule has 148 valence electrons. The van der Waals surface area contributed by atoms with Gasteiger partial charge in [-0.15, -0.1) is 10.2 Å². The van der Waals surface area contributed by atoms with E-state index in [9.17, 15) is 5.11 Å². The van der Waals surface area contributed by atoms with Crippen molar-refractivity contribution in [3.05, 3.63) is 83.9 Å². The predicted molar refractivity (Wildman–Crippen MR) is 121 cm³/mol. The van der Waals surface area contributed by atoms with Crippen molar-refractivity contribution in [2.24, 2.45) is 20.5 Å². The molecule has 4 rings (SSSR count). The lowest BCUT2D eigenvalue weighted by molar-refractivity contribution is 0.482. The first-order valence-electron chi connectivity index (χ1n) is 9.53. The van der Waals surface area contributed by atoms with E-state index in [1.54, 1.807) is 0 Å². The Morgan fingerprint density at radius 3 is 1.67 bits per heavy atom. The van der Waals surface area contributed by atoms with Gasteiger partial charge in [-0.05, 0) is 66.8 Å². The van der Waals surface area contributed by atoms with E-state index < -0.39 is 0 Å². The van der Waals surface area contributed by atoms with Crippen LogP contribution in [0.5, 0.6) is 5.75 Å². The van der Waals surface area contributed by atoms with Gasteiger partial charge in [0.05, 0.1) is 22.4 Å². The Hall–Kier alpha value is -4.06. The average Bonchev–Trinajstić information content (AvgIpc) is 2.74. The largest absolute Gasteiger partial charge is 0.505 e. The van der Waals surface area contributed by atoms with E-state index >= 15 is 0 Å². The lowest BCUT2D eigenvalue weighted by Crippen LogP contribution is -1.92. The number of azo groups is 2. The zero-order chi connectivity index (χ0) is 21.1. The zero-order valence-corrected chi connectivity index (χ0v) is 16.7. The number of anilines is 1. The van der Waals surface area contributed by atoms with Crippen LogP contribution in [0.4, 0.5) is 28.4 Å². The summed E-state index contributed by atoms with van der Waals surface area (Å²) in [5, 5.41) is 29.4. The number of benzene rings is 4. The van der Waals surface area contributed by atoms with Crippen LogP contribution in [0, 0.1) is 13.8 Å². The van der Waals surface area contributed by atoms with E-state index in [1.165, 1.54) is 0 Å². The number of rotatable bonds is 4. The van der Waals surface area contributed by atoms with Crippen molar-refractivity contribution >= 4 is 39.2 Å². The number of nitrogens with zero attached hydrogens (tertiary/aromatic N) is 4. The van der Waals surface area contributed by atoms with Crippen molar-refractivity contribution in [1.29, 1.82) is 0 Å². The molecule has 0 aliphatic rings. The lowest BCUT2D eigenvalue weighted by atomic mass is 9.99. The maximum atomic E-state index is 11.0. The van der Waals surface area contributed by atoms with Gasteiger partial charge >= 0.3 is 0 Å². The van der Waals surface area contributed by atoms with Gasteiger partial charge < -0.3 is 10.8 Å². The highest BCUT2D eigenvalue weighted by Gasteiger charge is 2.17. The molecule has 6 nitrogen and oxygen atoms in total. The first kappa shape index (κ1) is 19.3. The van der Waals surface area contributed by atoms with Crippen LogP contribution < -0.4 is 5.73 Å². The number of fused-ring (bicyclic) bond motifs is 1. The van der Waals surface area contributed by atoms with Crippen molar-refractivity contribution in [2.75, 3.05) is 5.73 Å². The van der Waals surface area contributed by atoms with Crippen LogP contribution in [0.3, 0.4) is 0 Å². The van der Waals surface area contributed by atoms with Gasteiger partial charge in [0.1, 0.15) is 11.4 Å². The van der Waals surface area contributed by atoms with E-state index in [-0.39, 0.29) is 5.75 Å². The molecule has 0 radical (unpaired) electrons.